The maximum Gasteiger partial charge on any atom is 0.227 e. The Labute approximate surface area is 154 Å². The van der Waals surface area contributed by atoms with Crippen LogP contribution in [0.15, 0.2) is 48.5 Å². The maximum absolute atomic E-state index is 12.8. The molecule has 132 valence electrons. The van der Waals surface area contributed by atoms with Gasteiger partial charge in [0.05, 0.1) is 13.5 Å². The lowest BCUT2D eigenvalue weighted by Crippen LogP contribution is -2.35. The van der Waals surface area contributed by atoms with E-state index in [0.29, 0.717) is 17.4 Å². The number of methoxy groups -OCH3 is 1. The first-order valence-corrected chi connectivity index (χ1v) is 9.20. The molecule has 0 spiro atoms. The van der Waals surface area contributed by atoms with Crippen LogP contribution in [0.3, 0.4) is 0 Å². The Kier molecular flexibility index (Phi) is 5.98. The van der Waals surface area contributed by atoms with Crippen molar-refractivity contribution in [3.8, 4) is 5.75 Å². The van der Waals surface area contributed by atoms with E-state index < -0.39 is 0 Å². The van der Waals surface area contributed by atoms with Gasteiger partial charge in [-0.1, -0.05) is 48.4 Å². The summed E-state index contributed by atoms with van der Waals surface area (Å²) in [6.07, 6.45) is 3.69. The SMILES string of the molecule is COc1ccc(C2CCCCN(C(=O)Cc3ccccc3Cl)C2)cc1. The van der Waals surface area contributed by atoms with Gasteiger partial charge in [-0.05, 0) is 42.2 Å². The molecule has 0 aliphatic carbocycles. The molecule has 0 bridgehead atoms. The van der Waals surface area contributed by atoms with Crippen molar-refractivity contribution in [1.82, 2.24) is 4.90 Å². The Morgan fingerprint density at radius 3 is 2.64 bits per heavy atom. The number of hydrogen-bond donors (Lipinski definition) is 0. The van der Waals surface area contributed by atoms with Crippen LogP contribution in [0.5, 0.6) is 5.75 Å². The third-order valence-electron chi connectivity index (χ3n) is 4.91. The van der Waals surface area contributed by atoms with Crippen molar-refractivity contribution in [3.63, 3.8) is 0 Å². The highest BCUT2D eigenvalue weighted by Crippen LogP contribution is 2.28. The minimum absolute atomic E-state index is 0.161. The molecule has 2 aromatic rings. The molecule has 2 aromatic carbocycles. The molecule has 3 rings (SSSR count). The number of amides is 1. The normalized spacial score (nSPS) is 17.8. The summed E-state index contributed by atoms with van der Waals surface area (Å²) in [5.74, 6) is 1.40. The van der Waals surface area contributed by atoms with Gasteiger partial charge in [0.1, 0.15) is 5.75 Å². The second-order valence-corrected chi connectivity index (χ2v) is 6.98. The van der Waals surface area contributed by atoms with Gasteiger partial charge in [0.25, 0.3) is 0 Å². The van der Waals surface area contributed by atoms with E-state index in [4.69, 9.17) is 16.3 Å². The number of likely N-dealkylation sites (tertiary alicyclic amines) is 1. The molecule has 0 aromatic heterocycles. The van der Waals surface area contributed by atoms with Crippen molar-refractivity contribution in [2.24, 2.45) is 0 Å². The van der Waals surface area contributed by atoms with Gasteiger partial charge in [-0.3, -0.25) is 4.79 Å². The third kappa shape index (κ3) is 4.55. The van der Waals surface area contributed by atoms with Crippen LogP contribution in [0, 0.1) is 0 Å². The molecule has 1 atom stereocenters. The maximum atomic E-state index is 12.8. The highest BCUT2D eigenvalue weighted by atomic mass is 35.5. The van der Waals surface area contributed by atoms with Crippen molar-refractivity contribution < 1.29 is 9.53 Å². The number of rotatable bonds is 4. The van der Waals surface area contributed by atoms with Crippen molar-refractivity contribution in [1.29, 1.82) is 0 Å². The van der Waals surface area contributed by atoms with Crippen LogP contribution in [0.25, 0.3) is 0 Å². The van der Waals surface area contributed by atoms with E-state index in [0.717, 1.165) is 43.7 Å². The number of carbonyl (C=O) groups excluding carboxylic acids is 1. The molecule has 0 radical (unpaired) electrons. The molecular formula is C21H24ClNO2. The topological polar surface area (TPSA) is 29.5 Å². The van der Waals surface area contributed by atoms with Crippen LogP contribution in [0.1, 0.15) is 36.3 Å². The van der Waals surface area contributed by atoms with Crippen molar-refractivity contribution in [2.45, 2.75) is 31.6 Å². The fourth-order valence-corrected chi connectivity index (χ4v) is 3.64. The molecule has 1 aliphatic heterocycles. The molecule has 1 heterocycles. The Hall–Kier alpha value is -2.00. The standard InChI is InChI=1S/C21H24ClNO2/c1-25-19-11-9-16(10-12-19)18-7-4-5-13-23(15-18)21(24)14-17-6-2-3-8-20(17)22/h2-3,6,8-12,18H,4-5,7,13-15H2,1H3. The number of halogens is 1. The van der Waals surface area contributed by atoms with Gasteiger partial charge in [-0.15, -0.1) is 0 Å². The number of benzene rings is 2. The van der Waals surface area contributed by atoms with Gasteiger partial charge in [0.15, 0.2) is 0 Å². The first-order chi connectivity index (χ1) is 12.2. The summed E-state index contributed by atoms with van der Waals surface area (Å²) in [4.78, 5) is 14.8. The second-order valence-electron chi connectivity index (χ2n) is 6.57. The average molecular weight is 358 g/mol. The summed E-state index contributed by atoms with van der Waals surface area (Å²) in [5, 5.41) is 0.664. The number of nitrogens with zero attached hydrogens (tertiary/aromatic N) is 1. The summed E-state index contributed by atoms with van der Waals surface area (Å²) < 4.78 is 5.24. The summed E-state index contributed by atoms with van der Waals surface area (Å²) in [5.41, 5.74) is 2.18. The van der Waals surface area contributed by atoms with Gasteiger partial charge < -0.3 is 9.64 Å². The van der Waals surface area contributed by atoms with E-state index in [-0.39, 0.29) is 5.91 Å². The van der Waals surface area contributed by atoms with Crippen LogP contribution < -0.4 is 4.74 Å². The number of hydrogen-bond acceptors (Lipinski definition) is 2. The average Bonchev–Trinajstić information content (AvgIpc) is 2.90. The number of carbonyl (C=O) groups is 1. The molecule has 1 unspecified atom stereocenters. The molecule has 1 amide bonds. The van der Waals surface area contributed by atoms with Crippen molar-refractivity contribution in [3.05, 3.63) is 64.7 Å². The molecule has 25 heavy (non-hydrogen) atoms. The summed E-state index contributed by atoms with van der Waals surface area (Å²) in [6, 6.07) is 15.8. The number of ether oxygens (including phenoxy) is 1. The molecule has 4 heteroatoms. The highest BCUT2D eigenvalue weighted by molar-refractivity contribution is 6.31. The van der Waals surface area contributed by atoms with Crippen LogP contribution in [-0.4, -0.2) is 31.0 Å². The zero-order chi connectivity index (χ0) is 17.6. The van der Waals surface area contributed by atoms with E-state index in [1.54, 1.807) is 7.11 Å². The lowest BCUT2D eigenvalue weighted by atomic mass is 9.94. The smallest absolute Gasteiger partial charge is 0.227 e. The highest BCUT2D eigenvalue weighted by Gasteiger charge is 2.23. The lowest BCUT2D eigenvalue weighted by molar-refractivity contribution is -0.130. The van der Waals surface area contributed by atoms with E-state index in [2.05, 4.69) is 12.1 Å². The molecule has 1 fully saturated rings. The van der Waals surface area contributed by atoms with E-state index in [1.807, 2.05) is 41.3 Å². The Bertz CT molecular complexity index is 714. The third-order valence-corrected chi connectivity index (χ3v) is 5.28. The fourth-order valence-electron chi connectivity index (χ4n) is 3.43. The zero-order valence-electron chi connectivity index (χ0n) is 14.6. The van der Waals surface area contributed by atoms with E-state index in [9.17, 15) is 4.79 Å². The Balaban J connectivity index is 1.70. The van der Waals surface area contributed by atoms with Gasteiger partial charge in [0, 0.05) is 24.0 Å². The monoisotopic (exact) mass is 357 g/mol. The van der Waals surface area contributed by atoms with Gasteiger partial charge >= 0.3 is 0 Å². The lowest BCUT2D eigenvalue weighted by Gasteiger charge is -2.25. The van der Waals surface area contributed by atoms with Gasteiger partial charge in [-0.25, -0.2) is 0 Å². The Morgan fingerprint density at radius 2 is 1.92 bits per heavy atom. The fraction of sp³-hybridized carbons (Fsp3) is 0.381. The quantitative estimate of drug-likeness (QED) is 0.794. The summed E-state index contributed by atoms with van der Waals surface area (Å²) in [6.45, 7) is 1.60. The van der Waals surface area contributed by atoms with E-state index >= 15 is 0 Å². The van der Waals surface area contributed by atoms with Crippen LogP contribution in [0.2, 0.25) is 5.02 Å². The van der Waals surface area contributed by atoms with E-state index in [1.165, 1.54) is 5.56 Å². The molecule has 0 N–H and O–H groups in total. The molecular weight excluding hydrogens is 334 g/mol. The van der Waals surface area contributed by atoms with Crippen LogP contribution in [-0.2, 0) is 11.2 Å². The van der Waals surface area contributed by atoms with Crippen molar-refractivity contribution >= 4 is 17.5 Å². The van der Waals surface area contributed by atoms with Crippen LogP contribution in [0.4, 0.5) is 0 Å². The minimum atomic E-state index is 0.161. The Morgan fingerprint density at radius 1 is 1.16 bits per heavy atom. The molecule has 1 saturated heterocycles. The second kappa shape index (κ2) is 8.39. The van der Waals surface area contributed by atoms with Gasteiger partial charge in [0.2, 0.25) is 5.91 Å². The molecule has 0 saturated carbocycles. The zero-order valence-corrected chi connectivity index (χ0v) is 15.3. The minimum Gasteiger partial charge on any atom is -0.497 e. The largest absolute Gasteiger partial charge is 0.497 e. The first kappa shape index (κ1) is 17.8. The van der Waals surface area contributed by atoms with Crippen LogP contribution >= 0.6 is 11.6 Å². The predicted octanol–water partition coefficient (Wildman–Crippen LogP) is 4.69. The first-order valence-electron chi connectivity index (χ1n) is 8.82. The predicted molar refractivity (Wildman–Crippen MR) is 101 cm³/mol. The van der Waals surface area contributed by atoms with Gasteiger partial charge in [-0.2, -0.15) is 0 Å². The summed E-state index contributed by atoms with van der Waals surface area (Å²) in [7, 11) is 1.68. The molecule has 3 nitrogen and oxygen atoms in total. The van der Waals surface area contributed by atoms with Crippen molar-refractivity contribution in [2.75, 3.05) is 20.2 Å². The summed E-state index contributed by atoms with van der Waals surface area (Å²) >= 11 is 6.21. The molecule has 1 aliphatic rings.